The molecule has 0 spiro atoms. The predicted octanol–water partition coefficient (Wildman–Crippen LogP) is 4.00. The minimum absolute atomic E-state index is 0.177. The Bertz CT molecular complexity index is 584. The molecule has 0 fully saturated rings. The van der Waals surface area contributed by atoms with E-state index in [-0.39, 0.29) is 11.7 Å². The molecule has 2 aromatic rings. The van der Waals surface area contributed by atoms with Gasteiger partial charge in [-0.15, -0.1) is 0 Å². The zero-order chi connectivity index (χ0) is 13.1. The second kappa shape index (κ2) is 5.58. The van der Waals surface area contributed by atoms with Crippen LogP contribution in [0, 0.1) is 5.95 Å². The highest BCUT2D eigenvalue weighted by Gasteiger charge is 2.09. The van der Waals surface area contributed by atoms with E-state index >= 15 is 0 Å². The average Bonchev–Trinajstić information content (AvgIpc) is 2.27. The SMILES string of the molecule is O=C(Nc1cccc(F)n1)c1cc(Br)cc(Br)c1. The number of halogens is 3. The van der Waals surface area contributed by atoms with Crippen LogP contribution in [0.1, 0.15) is 10.4 Å². The first-order valence-corrected chi connectivity index (χ1v) is 6.53. The molecule has 1 aromatic heterocycles. The Kier molecular flexibility index (Phi) is 4.08. The fourth-order valence-electron chi connectivity index (χ4n) is 1.35. The summed E-state index contributed by atoms with van der Waals surface area (Å²) in [6.45, 7) is 0. The van der Waals surface area contributed by atoms with E-state index in [1.54, 1.807) is 12.1 Å². The van der Waals surface area contributed by atoms with E-state index < -0.39 is 5.95 Å². The highest BCUT2D eigenvalue weighted by atomic mass is 79.9. The van der Waals surface area contributed by atoms with Gasteiger partial charge in [0.25, 0.3) is 5.91 Å². The first-order chi connectivity index (χ1) is 8.54. The van der Waals surface area contributed by atoms with Crippen LogP contribution in [0.25, 0.3) is 0 Å². The van der Waals surface area contributed by atoms with Crippen LogP contribution in [0.3, 0.4) is 0 Å². The maximum Gasteiger partial charge on any atom is 0.256 e. The zero-order valence-corrected chi connectivity index (χ0v) is 12.1. The molecule has 2 rings (SSSR count). The molecule has 6 heteroatoms. The van der Waals surface area contributed by atoms with Crippen molar-refractivity contribution in [2.24, 2.45) is 0 Å². The van der Waals surface area contributed by atoms with Crippen LogP contribution in [0.5, 0.6) is 0 Å². The number of carbonyl (C=O) groups excluding carboxylic acids is 1. The molecule has 0 aliphatic heterocycles. The van der Waals surface area contributed by atoms with Crippen LogP contribution < -0.4 is 5.32 Å². The lowest BCUT2D eigenvalue weighted by atomic mass is 10.2. The van der Waals surface area contributed by atoms with Crippen molar-refractivity contribution in [1.29, 1.82) is 0 Å². The van der Waals surface area contributed by atoms with Gasteiger partial charge < -0.3 is 5.32 Å². The van der Waals surface area contributed by atoms with Crippen LogP contribution in [-0.2, 0) is 0 Å². The summed E-state index contributed by atoms with van der Waals surface area (Å²) in [5, 5.41) is 2.52. The number of hydrogen-bond donors (Lipinski definition) is 1. The molecule has 0 saturated heterocycles. The van der Waals surface area contributed by atoms with Gasteiger partial charge in [0.15, 0.2) is 0 Å². The molecule has 1 amide bonds. The number of aromatic nitrogens is 1. The number of amides is 1. The molecule has 0 saturated carbocycles. The van der Waals surface area contributed by atoms with Crippen molar-refractivity contribution in [3.05, 3.63) is 56.9 Å². The van der Waals surface area contributed by atoms with Crippen LogP contribution in [0.4, 0.5) is 10.2 Å². The number of nitrogens with zero attached hydrogens (tertiary/aromatic N) is 1. The molecule has 0 radical (unpaired) electrons. The van der Waals surface area contributed by atoms with E-state index in [0.717, 1.165) is 8.95 Å². The Labute approximate surface area is 120 Å². The smallest absolute Gasteiger partial charge is 0.256 e. The lowest BCUT2D eigenvalue weighted by Crippen LogP contribution is -2.13. The molecule has 92 valence electrons. The maximum atomic E-state index is 12.9. The predicted molar refractivity (Wildman–Crippen MR) is 74.0 cm³/mol. The molecule has 3 nitrogen and oxygen atoms in total. The van der Waals surface area contributed by atoms with Crippen LogP contribution >= 0.6 is 31.9 Å². The van der Waals surface area contributed by atoms with Gasteiger partial charge in [0, 0.05) is 14.5 Å². The van der Waals surface area contributed by atoms with E-state index in [9.17, 15) is 9.18 Å². The zero-order valence-electron chi connectivity index (χ0n) is 8.95. The summed E-state index contributed by atoms with van der Waals surface area (Å²) < 4.78 is 14.4. The van der Waals surface area contributed by atoms with Crippen molar-refractivity contribution < 1.29 is 9.18 Å². The molecule has 1 aromatic carbocycles. The van der Waals surface area contributed by atoms with E-state index in [1.165, 1.54) is 18.2 Å². The first-order valence-electron chi connectivity index (χ1n) is 4.94. The summed E-state index contributed by atoms with van der Waals surface area (Å²) in [4.78, 5) is 15.5. The highest BCUT2D eigenvalue weighted by molar-refractivity contribution is 9.11. The van der Waals surface area contributed by atoms with Crippen molar-refractivity contribution in [1.82, 2.24) is 4.98 Å². The summed E-state index contributed by atoms with van der Waals surface area (Å²) in [5.41, 5.74) is 0.447. The third-order valence-electron chi connectivity index (χ3n) is 2.08. The van der Waals surface area contributed by atoms with Crippen molar-refractivity contribution in [2.75, 3.05) is 5.32 Å². The minimum atomic E-state index is -0.636. The third-order valence-corrected chi connectivity index (χ3v) is 3.00. The fraction of sp³-hybridized carbons (Fsp3) is 0. The van der Waals surface area contributed by atoms with E-state index in [1.807, 2.05) is 6.07 Å². The molecule has 0 bridgehead atoms. The van der Waals surface area contributed by atoms with Gasteiger partial charge in [0.05, 0.1) is 0 Å². The lowest BCUT2D eigenvalue weighted by molar-refractivity contribution is 0.102. The number of carbonyl (C=O) groups is 1. The van der Waals surface area contributed by atoms with Crippen molar-refractivity contribution >= 4 is 43.6 Å². The van der Waals surface area contributed by atoms with Crippen LogP contribution in [0.15, 0.2) is 45.3 Å². The van der Waals surface area contributed by atoms with Gasteiger partial charge in [-0.1, -0.05) is 37.9 Å². The third kappa shape index (κ3) is 3.36. The first kappa shape index (κ1) is 13.2. The minimum Gasteiger partial charge on any atom is -0.306 e. The number of rotatable bonds is 2. The quantitative estimate of drug-likeness (QED) is 0.808. The summed E-state index contributed by atoms with van der Waals surface area (Å²) in [6.07, 6.45) is 0. The standard InChI is InChI=1S/C12H7Br2FN2O/c13-8-4-7(5-9(14)6-8)12(18)17-11-3-1-2-10(15)16-11/h1-6H,(H,16,17,18). The number of anilines is 1. The molecule has 1 N–H and O–H groups in total. The Hall–Kier alpha value is -1.27. The monoisotopic (exact) mass is 372 g/mol. The highest BCUT2D eigenvalue weighted by Crippen LogP contribution is 2.20. The van der Waals surface area contributed by atoms with E-state index in [2.05, 4.69) is 42.2 Å². The van der Waals surface area contributed by atoms with E-state index in [0.29, 0.717) is 5.56 Å². The van der Waals surface area contributed by atoms with E-state index in [4.69, 9.17) is 0 Å². The van der Waals surface area contributed by atoms with Crippen molar-refractivity contribution in [2.45, 2.75) is 0 Å². The summed E-state index contributed by atoms with van der Waals surface area (Å²) in [6, 6.07) is 9.37. The molecule has 18 heavy (non-hydrogen) atoms. The molecule has 0 aliphatic rings. The number of benzene rings is 1. The molecular formula is C12H7Br2FN2O. The summed E-state index contributed by atoms with van der Waals surface area (Å²) >= 11 is 6.59. The van der Waals surface area contributed by atoms with Crippen LogP contribution in [0.2, 0.25) is 0 Å². The van der Waals surface area contributed by atoms with Gasteiger partial charge in [-0.2, -0.15) is 4.39 Å². The molecule has 1 heterocycles. The lowest BCUT2D eigenvalue weighted by Gasteiger charge is -2.05. The van der Waals surface area contributed by atoms with Gasteiger partial charge in [-0.25, -0.2) is 4.98 Å². The number of pyridine rings is 1. The fourth-order valence-corrected chi connectivity index (χ4v) is 2.64. The van der Waals surface area contributed by atoms with Gasteiger partial charge in [0.2, 0.25) is 5.95 Å². The number of hydrogen-bond acceptors (Lipinski definition) is 2. The van der Waals surface area contributed by atoms with Crippen molar-refractivity contribution in [3.8, 4) is 0 Å². The van der Waals surface area contributed by atoms with Gasteiger partial charge in [0.1, 0.15) is 5.82 Å². The second-order valence-electron chi connectivity index (χ2n) is 3.46. The maximum absolute atomic E-state index is 12.9. The summed E-state index contributed by atoms with van der Waals surface area (Å²) in [7, 11) is 0. The van der Waals surface area contributed by atoms with Gasteiger partial charge in [-0.3, -0.25) is 4.79 Å². The Morgan fingerprint density at radius 1 is 1.17 bits per heavy atom. The van der Waals surface area contributed by atoms with Gasteiger partial charge >= 0.3 is 0 Å². The Balaban J connectivity index is 2.22. The topological polar surface area (TPSA) is 42.0 Å². The Morgan fingerprint density at radius 3 is 2.44 bits per heavy atom. The molecule has 0 aliphatic carbocycles. The van der Waals surface area contributed by atoms with Crippen molar-refractivity contribution in [3.63, 3.8) is 0 Å². The van der Waals surface area contributed by atoms with Crippen LogP contribution in [-0.4, -0.2) is 10.9 Å². The molecular weight excluding hydrogens is 367 g/mol. The molecule has 0 unspecified atom stereocenters. The largest absolute Gasteiger partial charge is 0.306 e. The summed E-state index contributed by atoms with van der Waals surface area (Å²) in [5.74, 6) is -0.811. The number of nitrogens with one attached hydrogen (secondary N) is 1. The average molecular weight is 374 g/mol. The normalized spacial score (nSPS) is 10.2. The molecule has 0 atom stereocenters. The van der Waals surface area contributed by atoms with Gasteiger partial charge in [-0.05, 0) is 30.3 Å². The Morgan fingerprint density at radius 2 is 1.83 bits per heavy atom. The second-order valence-corrected chi connectivity index (χ2v) is 5.29.